The Morgan fingerprint density at radius 3 is 2.73 bits per heavy atom. The summed E-state index contributed by atoms with van der Waals surface area (Å²) in [4.78, 5) is 0. The van der Waals surface area contributed by atoms with Crippen LogP contribution in [0.15, 0.2) is 23.8 Å². The maximum Gasteiger partial charge on any atom is 0.0817 e. The maximum absolute atomic E-state index is 5.46. The number of allylic oxidation sites excluding steroid dienone is 2. The Labute approximate surface area is 92.4 Å². The Kier molecular flexibility index (Phi) is 3.27. The van der Waals surface area contributed by atoms with Crippen LogP contribution in [0, 0.1) is 11.8 Å². The van der Waals surface area contributed by atoms with Gasteiger partial charge in [0.2, 0.25) is 0 Å². The summed E-state index contributed by atoms with van der Waals surface area (Å²) in [7, 11) is 3.84. The third-order valence-electron chi connectivity index (χ3n) is 3.76. The van der Waals surface area contributed by atoms with Gasteiger partial charge in [-0.1, -0.05) is 25.2 Å². The maximum atomic E-state index is 5.46. The highest BCUT2D eigenvalue weighted by Gasteiger charge is 2.31. The molecular formula is C13H21NO. The van der Waals surface area contributed by atoms with Gasteiger partial charge in [0.05, 0.1) is 6.10 Å². The van der Waals surface area contributed by atoms with E-state index in [0.717, 1.165) is 12.0 Å². The second kappa shape index (κ2) is 4.50. The normalized spacial score (nSPS) is 39.8. The van der Waals surface area contributed by atoms with Gasteiger partial charge in [-0.25, -0.2) is 0 Å². The van der Waals surface area contributed by atoms with Crippen LogP contribution in [0.4, 0.5) is 0 Å². The Morgan fingerprint density at radius 2 is 2.13 bits per heavy atom. The lowest BCUT2D eigenvalue weighted by Crippen LogP contribution is -2.40. The van der Waals surface area contributed by atoms with Crippen molar-refractivity contribution >= 4 is 0 Å². The Bertz CT molecular complexity index is 276. The van der Waals surface area contributed by atoms with Crippen molar-refractivity contribution in [3.8, 4) is 0 Å². The molecule has 2 unspecified atom stereocenters. The number of hydrogen-bond donors (Lipinski definition) is 1. The molecule has 0 aromatic carbocycles. The molecule has 2 aliphatic carbocycles. The molecule has 2 atom stereocenters. The average molecular weight is 207 g/mol. The highest BCUT2D eigenvalue weighted by atomic mass is 16.5. The van der Waals surface area contributed by atoms with Crippen LogP contribution in [-0.2, 0) is 4.74 Å². The molecular weight excluding hydrogens is 186 g/mol. The molecule has 1 N–H and O–H groups in total. The minimum atomic E-state index is 0.277. The second-order valence-corrected chi connectivity index (χ2v) is 4.74. The van der Waals surface area contributed by atoms with Gasteiger partial charge in [-0.2, -0.15) is 0 Å². The van der Waals surface area contributed by atoms with Gasteiger partial charge in [0.25, 0.3) is 0 Å². The summed E-state index contributed by atoms with van der Waals surface area (Å²) in [6, 6.07) is 0.727. The first-order valence-electron chi connectivity index (χ1n) is 5.84. The van der Waals surface area contributed by atoms with Crippen LogP contribution in [0.2, 0.25) is 0 Å². The van der Waals surface area contributed by atoms with Crippen molar-refractivity contribution < 1.29 is 4.74 Å². The molecule has 0 aromatic heterocycles. The molecule has 0 aromatic rings. The molecule has 15 heavy (non-hydrogen) atoms. The van der Waals surface area contributed by atoms with Gasteiger partial charge in [-0.15, -0.1) is 0 Å². The summed E-state index contributed by atoms with van der Waals surface area (Å²) in [5.41, 5.74) is 1.48. The number of rotatable bonds is 3. The monoisotopic (exact) mass is 207 g/mol. The third-order valence-corrected chi connectivity index (χ3v) is 3.76. The summed E-state index contributed by atoms with van der Waals surface area (Å²) < 4.78 is 5.46. The minimum absolute atomic E-state index is 0.277. The van der Waals surface area contributed by atoms with E-state index in [-0.39, 0.29) is 6.10 Å². The molecule has 1 saturated carbocycles. The van der Waals surface area contributed by atoms with E-state index in [0.29, 0.717) is 5.92 Å². The average Bonchev–Trinajstić information content (AvgIpc) is 2.19. The summed E-state index contributed by atoms with van der Waals surface area (Å²) in [5.74, 6) is 1.27. The Morgan fingerprint density at radius 1 is 1.40 bits per heavy atom. The predicted molar refractivity (Wildman–Crippen MR) is 62.8 cm³/mol. The Balaban J connectivity index is 1.96. The van der Waals surface area contributed by atoms with Gasteiger partial charge >= 0.3 is 0 Å². The van der Waals surface area contributed by atoms with E-state index in [1.54, 1.807) is 7.11 Å². The van der Waals surface area contributed by atoms with Gasteiger partial charge in [-0.05, 0) is 31.4 Å². The number of nitrogens with one attached hydrogen (secondary N) is 1. The predicted octanol–water partition coefficient (Wildman–Crippen LogP) is 2.13. The van der Waals surface area contributed by atoms with E-state index in [2.05, 4.69) is 30.5 Å². The fraction of sp³-hybridized carbons (Fsp3) is 0.692. The second-order valence-electron chi connectivity index (χ2n) is 4.74. The quantitative estimate of drug-likeness (QED) is 0.765. The summed E-state index contributed by atoms with van der Waals surface area (Å²) in [5, 5.41) is 3.32. The summed E-state index contributed by atoms with van der Waals surface area (Å²) >= 11 is 0. The summed E-state index contributed by atoms with van der Waals surface area (Å²) in [6.45, 7) is 2.20. The molecule has 2 rings (SSSR count). The molecule has 0 heterocycles. The lowest BCUT2D eigenvalue weighted by atomic mass is 9.73. The number of methoxy groups -OCH3 is 1. The first-order chi connectivity index (χ1) is 7.24. The molecule has 0 amide bonds. The summed E-state index contributed by atoms with van der Waals surface area (Å²) in [6.07, 6.45) is 9.70. The number of hydrogen-bond acceptors (Lipinski definition) is 2. The minimum Gasteiger partial charge on any atom is -0.377 e. The molecule has 2 nitrogen and oxygen atoms in total. The van der Waals surface area contributed by atoms with Crippen molar-refractivity contribution in [2.75, 3.05) is 14.2 Å². The van der Waals surface area contributed by atoms with E-state index >= 15 is 0 Å². The van der Waals surface area contributed by atoms with E-state index in [9.17, 15) is 0 Å². The zero-order valence-corrected chi connectivity index (χ0v) is 9.86. The van der Waals surface area contributed by atoms with Crippen molar-refractivity contribution in [1.29, 1.82) is 0 Å². The topological polar surface area (TPSA) is 21.3 Å². The van der Waals surface area contributed by atoms with Crippen LogP contribution in [0.5, 0.6) is 0 Å². The van der Waals surface area contributed by atoms with Crippen molar-refractivity contribution in [3.63, 3.8) is 0 Å². The van der Waals surface area contributed by atoms with Crippen LogP contribution >= 0.6 is 0 Å². The zero-order valence-electron chi connectivity index (χ0n) is 9.86. The van der Waals surface area contributed by atoms with Crippen molar-refractivity contribution in [3.05, 3.63) is 23.8 Å². The molecule has 2 aliphatic rings. The van der Waals surface area contributed by atoms with Crippen molar-refractivity contribution in [2.24, 2.45) is 11.8 Å². The first kappa shape index (κ1) is 10.9. The van der Waals surface area contributed by atoms with Crippen LogP contribution in [0.3, 0.4) is 0 Å². The standard InChI is InChI=1S/C13H21NO/c1-9-4-5-10(8-13(9)15-3)11-6-12(7-11)14-2/h4-5,8-9,11-14H,6-7H2,1-3H3. The van der Waals surface area contributed by atoms with Gasteiger partial charge < -0.3 is 10.1 Å². The van der Waals surface area contributed by atoms with Gasteiger partial charge in [0.1, 0.15) is 0 Å². The van der Waals surface area contributed by atoms with Gasteiger partial charge in [0, 0.05) is 19.1 Å². The van der Waals surface area contributed by atoms with Gasteiger partial charge in [0.15, 0.2) is 0 Å². The highest BCUT2D eigenvalue weighted by molar-refractivity contribution is 5.30. The van der Waals surface area contributed by atoms with E-state index < -0.39 is 0 Å². The first-order valence-corrected chi connectivity index (χ1v) is 5.84. The van der Waals surface area contributed by atoms with Crippen LogP contribution in [-0.4, -0.2) is 26.3 Å². The van der Waals surface area contributed by atoms with Crippen LogP contribution in [0.1, 0.15) is 19.8 Å². The molecule has 0 bridgehead atoms. The SMILES string of the molecule is CNC1CC(C2=CC(OC)C(C)C=C2)C1. The molecule has 2 heteroatoms. The molecule has 0 saturated heterocycles. The Hall–Kier alpha value is -0.600. The molecule has 1 fully saturated rings. The smallest absolute Gasteiger partial charge is 0.0817 e. The van der Waals surface area contributed by atoms with Gasteiger partial charge in [-0.3, -0.25) is 0 Å². The molecule has 0 aliphatic heterocycles. The fourth-order valence-electron chi connectivity index (χ4n) is 2.45. The fourth-order valence-corrected chi connectivity index (χ4v) is 2.45. The van der Waals surface area contributed by atoms with E-state index in [1.165, 1.54) is 18.4 Å². The lowest BCUT2D eigenvalue weighted by Gasteiger charge is -2.37. The largest absolute Gasteiger partial charge is 0.377 e. The van der Waals surface area contributed by atoms with E-state index in [1.807, 2.05) is 7.05 Å². The van der Waals surface area contributed by atoms with Crippen molar-refractivity contribution in [1.82, 2.24) is 5.32 Å². The molecule has 0 spiro atoms. The zero-order chi connectivity index (χ0) is 10.8. The molecule has 84 valence electrons. The molecule has 0 radical (unpaired) electrons. The van der Waals surface area contributed by atoms with Crippen LogP contribution < -0.4 is 5.32 Å². The lowest BCUT2D eigenvalue weighted by molar-refractivity contribution is 0.109. The highest BCUT2D eigenvalue weighted by Crippen LogP contribution is 2.36. The van der Waals surface area contributed by atoms with Crippen molar-refractivity contribution in [2.45, 2.75) is 31.9 Å². The number of ether oxygens (including phenoxy) is 1. The third kappa shape index (κ3) is 2.16. The van der Waals surface area contributed by atoms with Crippen LogP contribution in [0.25, 0.3) is 0 Å². The van der Waals surface area contributed by atoms with E-state index in [4.69, 9.17) is 4.74 Å².